The molecule has 0 aliphatic carbocycles. The summed E-state index contributed by atoms with van der Waals surface area (Å²) < 4.78 is 12.6. The lowest BCUT2D eigenvalue weighted by atomic mass is 9.95. The van der Waals surface area contributed by atoms with Gasteiger partial charge in [0.05, 0.1) is 24.2 Å². The van der Waals surface area contributed by atoms with Crippen LogP contribution in [0.2, 0.25) is 5.02 Å². The highest BCUT2D eigenvalue weighted by Gasteiger charge is 2.23. The van der Waals surface area contributed by atoms with Gasteiger partial charge in [0.25, 0.3) is 5.56 Å². The number of aromatic nitrogens is 2. The summed E-state index contributed by atoms with van der Waals surface area (Å²) in [4.78, 5) is 29.5. The number of fused-ring (bicyclic) bond motifs is 1. The van der Waals surface area contributed by atoms with Crippen molar-refractivity contribution in [1.82, 2.24) is 9.66 Å². The maximum atomic E-state index is 13.3. The van der Waals surface area contributed by atoms with E-state index in [1.165, 1.54) is 31.0 Å². The van der Waals surface area contributed by atoms with Crippen LogP contribution in [0.3, 0.4) is 0 Å². The number of rotatable bonds is 4. The van der Waals surface area contributed by atoms with Gasteiger partial charge in [-0.2, -0.15) is 9.78 Å². The van der Waals surface area contributed by atoms with Crippen LogP contribution >= 0.6 is 27.5 Å². The van der Waals surface area contributed by atoms with E-state index < -0.39 is 11.4 Å². The van der Waals surface area contributed by atoms with E-state index in [0.717, 1.165) is 4.47 Å². The predicted molar refractivity (Wildman–Crippen MR) is 125 cm³/mol. The van der Waals surface area contributed by atoms with E-state index in [1.807, 2.05) is 26.8 Å². The van der Waals surface area contributed by atoms with Crippen LogP contribution < -0.4 is 15.0 Å². The Morgan fingerprint density at radius 1 is 1.26 bits per heavy atom. The maximum absolute atomic E-state index is 13.3. The normalized spacial score (nSPS) is 11.8. The molecule has 0 bridgehead atoms. The molecule has 0 N–H and O–H groups in total. The first-order valence-electron chi connectivity index (χ1n) is 9.34. The SMILES string of the molecule is COc1cc(Cl)cc(C=Nn2c(C(C)(C)C)nc3ccc(Br)cc3c2=O)c1OC(C)=O. The summed E-state index contributed by atoms with van der Waals surface area (Å²) in [6, 6.07) is 8.41. The number of halogens is 2. The molecule has 0 aliphatic heterocycles. The molecular weight excluding hydrogens is 486 g/mol. The Labute approximate surface area is 192 Å². The molecule has 0 saturated carbocycles. The molecule has 0 amide bonds. The monoisotopic (exact) mass is 505 g/mol. The highest BCUT2D eigenvalue weighted by atomic mass is 79.9. The van der Waals surface area contributed by atoms with Crippen LogP contribution in [-0.2, 0) is 10.2 Å². The Bertz CT molecular complexity index is 1260. The quantitative estimate of drug-likeness (QED) is 0.285. The number of ether oxygens (including phenoxy) is 2. The van der Waals surface area contributed by atoms with Gasteiger partial charge in [0.2, 0.25) is 0 Å². The first-order valence-corrected chi connectivity index (χ1v) is 10.5. The van der Waals surface area contributed by atoms with Gasteiger partial charge < -0.3 is 9.47 Å². The van der Waals surface area contributed by atoms with E-state index in [1.54, 1.807) is 18.2 Å². The van der Waals surface area contributed by atoms with Crippen molar-refractivity contribution in [2.75, 3.05) is 7.11 Å². The molecule has 7 nitrogen and oxygen atoms in total. The molecule has 0 spiro atoms. The predicted octanol–water partition coefficient (Wildman–Crippen LogP) is 4.93. The number of nitrogens with zero attached hydrogens (tertiary/aromatic N) is 3. The zero-order valence-electron chi connectivity index (χ0n) is 17.7. The zero-order valence-corrected chi connectivity index (χ0v) is 20.0. The van der Waals surface area contributed by atoms with Gasteiger partial charge in [0.15, 0.2) is 11.5 Å². The second-order valence-corrected chi connectivity index (χ2v) is 9.18. The standard InChI is InChI=1S/C22H21BrClN3O4/c1-12(28)31-19-13(8-15(24)10-18(19)30-5)11-25-27-20(29)16-9-14(23)6-7-17(16)26-21(27)22(2,3)4/h6-11H,1-5H3. The van der Waals surface area contributed by atoms with E-state index in [2.05, 4.69) is 26.0 Å². The molecule has 1 aromatic heterocycles. The number of esters is 1. The Kier molecular flexibility index (Phi) is 6.52. The van der Waals surface area contributed by atoms with E-state index in [0.29, 0.717) is 27.3 Å². The summed E-state index contributed by atoms with van der Waals surface area (Å²) >= 11 is 9.57. The Balaban J connectivity index is 2.26. The Morgan fingerprint density at radius 3 is 2.58 bits per heavy atom. The molecule has 0 fully saturated rings. The number of carbonyl (C=O) groups excluding carboxylic acids is 1. The van der Waals surface area contributed by atoms with Crippen molar-refractivity contribution < 1.29 is 14.3 Å². The third-order valence-corrected chi connectivity index (χ3v) is 5.02. The molecule has 0 aliphatic rings. The summed E-state index contributed by atoms with van der Waals surface area (Å²) in [5, 5.41) is 5.18. The van der Waals surface area contributed by atoms with Crippen LogP contribution in [0.15, 0.2) is 44.7 Å². The highest BCUT2D eigenvalue weighted by molar-refractivity contribution is 9.10. The van der Waals surface area contributed by atoms with E-state index in [9.17, 15) is 9.59 Å². The van der Waals surface area contributed by atoms with Gasteiger partial charge in [0, 0.05) is 33.5 Å². The largest absolute Gasteiger partial charge is 0.493 e. The molecule has 0 radical (unpaired) electrons. The van der Waals surface area contributed by atoms with Crippen LogP contribution in [0.4, 0.5) is 0 Å². The zero-order chi connectivity index (χ0) is 22.9. The average Bonchev–Trinajstić information content (AvgIpc) is 2.67. The summed E-state index contributed by atoms with van der Waals surface area (Å²) in [5.41, 5.74) is 0.161. The van der Waals surface area contributed by atoms with Crippen molar-refractivity contribution in [1.29, 1.82) is 0 Å². The van der Waals surface area contributed by atoms with Crippen LogP contribution in [-0.4, -0.2) is 29.0 Å². The highest BCUT2D eigenvalue weighted by Crippen LogP contribution is 2.34. The van der Waals surface area contributed by atoms with E-state index in [4.69, 9.17) is 21.1 Å². The molecule has 0 atom stereocenters. The summed E-state index contributed by atoms with van der Waals surface area (Å²) in [6.45, 7) is 7.11. The van der Waals surface area contributed by atoms with Crippen molar-refractivity contribution >= 4 is 50.6 Å². The first kappa shape index (κ1) is 23.0. The molecule has 0 unspecified atom stereocenters. The van der Waals surface area contributed by atoms with Crippen molar-refractivity contribution in [3.05, 3.63) is 61.6 Å². The fourth-order valence-electron chi connectivity index (χ4n) is 2.95. The maximum Gasteiger partial charge on any atom is 0.308 e. The minimum atomic E-state index is -0.528. The molecule has 3 rings (SSSR count). The molecule has 1 heterocycles. The van der Waals surface area contributed by atoms with Gasteiger partial charge in [-0.25, -0.2) is 4.98 Å². The second-order valence-electron chi connectivity index (χ2n) is 7.83. The third-order valence-electron chi connectivity index (χ3n) is 4.31. The minimum Gasteiger partial charge on any atom is -0.493 e. The van der Waals surface area contributed by atoms with Crippen molar-refractivity contribution in [3.63, 3.8) is 0 Å². The molecular formula is C22H21BrClN3O4. The summed E-state index contributed by atoms with van der Waals surface area (Å²) in [5.74, 6) is 0.379. The van der Waals surface area contributed by atoms with Crippen molar-refractivity contribution in [2.24, 2.45) is 5.10 Å². The fraction of sp³-hybridized carbons (Fsp3) is 0.273. The molecule has 0 saturated heterocycles. The van der Waals surface area contributed by atoms with Gasteiger partial charge in [-0.05, 0) is 24.3 Å². The lowest BCUT2D eigenvalue weighted by molar-refractivity contribution is -0.132. The smallest absolute Gasteiger partial charge is 0.308 e. The molecule has 9 heteroatoms. The molecule has 2 aromatic carbocycles. The molecule has 3 aromatic rings. The number of benzene rings is 2. The van der Waals surface area contributed by atoms with E-state index in [-0.39, 0.29) is 17.1 Å². The lowest BCUT2D eigenvalue weighted by Gasteiger charge is -2.21. The topological polar surface area (TPSA) is 82.8 Å². The van der Waals surface area contributed by atoms with E-state index >= 15 is 0 Å². The Morgan fingerprint density at radius 2 is 1.97 bits per heavy atom. The summed E-state index contributed by atoms with van der Waals surface area (Å²) in [6.07, 6.45) is 1.40. The van der Waals surface area contributed by atoms with Crippen LogP contribution in [0.5, 0.6) is 11.5 Å². The fourth-order valence-corrected chi connectivity index (χ4v) is 3.53. The second kappa shape index (κ2) is 8.80. The molecule has 31 heavy (non-hydrogen) atoms. The van der Waals surface area contributed by atoms with Gasteiger partial charge in [0.1, 0.15) is 5.82 Å². The average molecular weight is 507 g/mol. The Hall–Kier alpha value is -2.71. The van der Waals surface area contributed by atoms with Gasteiger partial charge in [-0.3, -0.25) is 9.59 Å². The van der Waals surface area contributed by atoms with Crippen LogP contribution in [0.25, 0.3) is 10.9 Å². The van der Waals surface area contributed by atoms with Gasteiger partial charge >= 0.3 is 5.97 Å². The first-order chi connectivity index (χ1) is 14.5. The lowest BCUT2D eigenvalue weighted by Crippen LogP contribution is -2.29. The number of carbonyl (C=O) groups is 1. The van der Waals surface area contributed by atoms with Gasteiger partial charge in [-0.15, -0.1) is 0 Å². The van der Waals surface area contributed by atoms with Crippen LogP contribution in [0, 0.1) is 0 Å². The summed E-state index contributed by atoms with van der Waals surface area (Å²) in [7, 11) is 1.44. The number of hydrogen-bond donors (Lipinski definition) is 0. The number of methoxy groups -OCH3 is 1. The number of hydrogen-bond acceptors (Lipinski definition) is 6. The minimum absolute atomic E-state index is 0.157. The van der Waals surface area contributed by atoms with Crippen LogP contribution in [0.1, 0.15) is 39.1 Å². The van der Waals surface area contributed by atoms with Crippen molar-refractivity contribution in [2.45, 2.75) is 33.1 Å². The third kappa shape index (κ3) is 4.97. The molecule has 162 valence electrons. The van der Waals surface area contributed by atoms with Crippen molar-refractivity contribution in [3.8, 4) is 11.5 Å². The van der Waals surface area contributed by atoms with Gasteiger partial charge in [-0.1, -0.05) is 48.3 Å².